The quantitative estimate of drug-likeness (QED) is 0.538. The summed E-state index contributed by atoms with van der Waals surface area (Å²) in [5.74, 6) is 0.636. The van der Waals surface area contributed by atoms with Crippen molar-refractivity contribution in [3.05, 3.63) is 23.5 Å². The van der Waals surface area contributed by atoms with Crippen LogP contribution in [0.25, 0.3) is 0 Å². The Morgan fingerprint density at radius 3 is 2.64 bits per heavy atom. The van der Waals surface area contributed by atoms with Crippen molar-refractivity contribution in [3.63, 3.8) is 0 Å². The van der Waals surface area contributed by atoms with Gasteiger partial charge in [0, 0.05) is 5.56 Å². The molecule has 0 aliphatic carbocycles. The molecule has 59 valence electrons. The predicted octanol–water partition coefficient (Wildman–Crippen LogP) is 2.10. The van der Waals surface area contributed by atoms with Gasteiger partial charge in [-0.15, -0.1) is 12.6 Å². The average Bonchev–Trinajstić information content (AvgIpc) is 1.85. The normalized spacial score (nSPS) is 10.2. The number of thiol groups is 1. The Bertz CT molecular complexity index is 252. The lowest BCUT2D eigenvalue weighted by atomic mass is 10.3. The number of rotatable bonds is 1. The van der Waals surface area contributed by atoms with E-state index in [1.165, 1.54) is 0 Å². The van der Waals surface area contributed by atoms with Crippen molar-refractivity contribution in [1.82, 2.24) is 9.97 Å². The molecule has 11 heavy (non-hydrogen) atoms. The summed E-state index contributed by atoms with van der Waals surface area (Å²) in [6.07, 6.45) is 0.567. The van der Waals surface area contributed by atoms with Crippen molar-refractivity contribution in [2.75, 3.05) is 0 Å². The summed E-state index contributed by atoms with van der Waals surface area (Å²) in [4.78, 5) is 8.00. The Morgan fingerprint density at radius 2 is 2.18 bits per heavy atom. The van der Waals surface area contributed by atoms with E-state index in [0.717, 1.165) is 5.56 Å². The lowest BCUT2D eigenvalue weighted by Gasteiger charge is -2.03. The van der Waals surface area contributed by atoms with Crippen LogP contribution in [0.1, 0.15) is 11.4 Å². The molecule has 1 aromatic heterocycles. The van der Waals surface area contributed by atoms with Crippen molar-refractivity contribution < 1.29 is 0 Å². The summed E-state index contributed by atoms with van der Waals surface area (Å²) < 4.78 is 0. The van der Waals surface area contributed by atoms with Gasteiger partial charge in [0.15, 0.2) is 0 Å². The number of halogens is 1. The Balaban J connectivity index is 3.25. The Hall–Kier alpha value is -0.280. The van der Waals surface area contributed by atoms with Gasteiger partial charge in [0.2, 0.25) is 0 Å². The molecule has 0 saturated heterocycles. The molecule has 0 saturated carbocycles. The fourth-order valence-electron chi connectivity index (χ4n) is 0.762. The first-order chi connectivity index (χ1) is 5.15. The third kappa shape index (κ3) is 1.84. The molecule has 0 aliphatic rings. The number of hydrogen-bond donors (Lipinski definition) is 1. The van der Waals surface area contributed by atoms with Gasteiger partial charge in [-0.1, -0.05) is 11.6 Å². The van der Waals surface area contributed by atoms with Crippen LogP contribution >= 0.6 is 24.2 Å². The summed E-state index contributed by atoms with van der Waals surface area (Å²) in [5, 5.41) is 1.08. The molecule has 0 aromatic carbocycles. The Morgan fingerprint density at radius 1 is 1.55 bits per heavy atom. The van der Waals surface area contributed by atoms with Crippen LogP contribution in [0.15, 0.2) is 5.03 Å². The highest BCUT2D eigenvalue weighted by atomic mass is 35.5. The minimum absolute atomic E-state index is 0.456. The van der Waals surface area contributed by atoms with Crippen molar-refractivity contribution >= 4 is 24.2 Å². The third-order valence-corrected chi connectivity index (χ3v) is 1.98. The highest BCUT2D eigenvalue weighted by Crippen LogP contribution is 2.19. The second-order valence-corrected chi connectivity index (χ2v) is 2.90. The highest BCUT2D eigenvalue weighted by Gasteiger charge is 2.05. The van der Waals surface area contributed by atoms with Gasteiger partial charge in [-0.2, -0.15) is 0 Å². The molecule has 0 atom stereocenters. The van der Waals surface area contributed by atoms with Crippen LogP contribution in [-0.4, -0.2) is 9.97 Å². The molecule has 1 heterocycles. The summed E-state index contributed by atoms with van der Waals surface area (Å²) in [5.41, 5.74) is 0.806. The average molecular weight is 188 g/mol. The van der Waals surface area contributed by atoms with Gasteiger partial charge in [0.25, 0.3) is 0 Å². The molecule has 0 amide bonds. The van der Waals surface area contributed by atoms with Crippen molar-refractivity contribution in [2.45, 2.75) is 18.4 Å². The zero-order valence-corrected chi connectivity index (χ0v) is 7.78. The Kier molecular flexibility index (Phi) is 2.73. The van der Waals surface area contributed by atoms with Gasteiger partial charge in [-0.25, -0.2) is 9.97 Å². The summed E-state index contributed by atoms with van der Waals surface area (Å²) in [6.45, 7) is 5.47. The predicted molar refractivity (Wildman–Crippen MR) is 48.1 cm³/mol. The number of aryl methyl sites for hydroxylation is 1. The van der Waals surface area contributed by atoms with Gasteiger partial charge in [0.1, 0.15) is 16.0 Å². The molecule has 0 bridgehead atoms. The van der Waals surface area contributed by atoms with Crippen molar-refractivity contribution in [2.24, 2.45) is 0 Å². The SMILES string of the molecule is [CH2]Cc1c(S)nc(C)nc1Cl. The van der Waals surface area contributed by atoms with E-state index in [0.29, 0.717) is 22.4 Å². The van der Waals surface area contributed by atoms with Gasteiger partial charge >= 0.3 is 0 Å². The maximum atomic E-state index is 5.79. The van der Waals surface area contributed by atoms with Gasteiger partial charge in [-0.05, 0) is 20.3 Å². The zero-order chi connectivity index (χ0) is 8.43. The monoisotopic (exact) mass is 187 g/mol. The maximum Gasteiger partial charge on any atom is 0.137 e. The summed E-state index contributed by atoms with van der Waals surface area (Å²) >= 11 is 9.94. The van der Waals surface area contributed by atoms with E-state index in [1.807, 2.05) is 0 Å². The molecule has 1 rings (SSSR count). The number of nitrogens with zero attached hydrogens (tertiary/aromatic N) is 2. The van der Waals surface area contributed by atoms with E-state index in [-0.39, 0.29) is 0 Å². The highest BCUT2D eigenvalue weighted by molar-refractivity contribution is 7.80. The Labute approximate surface area is 76.4 Å². The smallest absolute Gasteiger partial charge is 0.137 e. The molecule has 0 fully saturated rings. The molecule has 0 spiro atoms. The molecule has 2 nitrogen and oxygen atoms in total. The van der Waals surface area contributed by atoms with Crippen LogP contribution in [0, 0.1) is 13.8 Å². The van der Waals surface area contributed by atoms with Crippen LogP contribution in [0.5, 0.6) is 0 Å². The molecular weight excluding hydrogens is 180 g/mol. The van der Waals surface area contributed by atoms with E-state index < -0.39 is 0 Å². The second kappa shape index (κ2) is 3.41. The molecule has 1 radical (unpaired) electrons. The minimum atomic E-state index is 0.456. The van der Waals surface area contributed by atoms with Crippen LogP contribution in [-0.2, 0) is 6.42 Å². The van der Waals surface area contributed by atoms with Gasteiger partial charge in [0.05, 0.1) is 0 Å². The van der Waals surface area contributed by atoms with E-state index in [1.54, 1.807) is 6.92 Å². The standard InChI is InChI=1S/C7H8ClN2S/c1-3-5-6(8)9-4(2)10-7(5)11/h1,3H2,2H3,(H,9,10,11). The molecule has 0 unspecified atom stereocenters. The molecular formula is C7H8ClN2S. The fraction of sp³-hybridized carbons (Fsp3) is 0.286. The van der Waals surface area contributed by atoms with E-state index in [2.05, 4.69) is 29.5 Å². The van der Waals surface area contributed by atoms with Crippen molar-refractivity contribution in [3.8, 4) is 0 Å². The van der Waals surface area contributed by atoms with Crippen LogP contribution in [0.3, 0.4) is 0 Å². The molecule has 1 aromatic rings. The van der Waals surface area contributed by atoms with Crippen LogP contribution in [0.2, 0.25) is 5.15 Å². The second-order valence-electron chi connectivity index (χ2n) is 2.11. The summed E-state index contributed by atoms with van der Waals surface area (Å²) in [6, 6.07) is 0. The van der Waals surface area contributed by atoms with E-state index >= 15 is 0 Å². The summed E-state index contributed by atoms with van der Waals surface area (Å²) in [7, 11) is 0. The first-order valence-corrected chi connectivity index (χ1v) is 3.99. The third-order valence-electron chi connectivity index (χ3n) is 1.30. The van der Waals surface area contributed by atoms with E-state index in [9.17, 15) is 0 Å². The van der Waals surface area contributed by atoms with E-state index in [4.69, 9.17) is 11.6 Å². The fourth-order valence-corrected chi connectivity index (χ4v) is 1.50. The first kappa shape index (κ1) is 8.81. The van der Waals surface area contributed by atoms with Crippen LogP contribution < -0.4 is 0 Å². The zero-order valence-electron chi connectivity index (χ0n) is 6.13. The first-order valence-electron chi connectivity index (χ1n) is 3.16. The molecule has 0 N–H and O–H groups in total. The topological polar surface area (TPSA) is 25.8 Å². The van der Waals surface area contributed by atoms with Gasteiger partial charge in [-0.3, -0.25) is 0 Å². The lowest BCUT2D eigenvalue weighted by Crippen LogP contribution is -1.96. The van der Waals surface area contributed by atoms with Crippen molar-refractivity contribution in [1.29, 1.82) is 0 Å². The maximum absolute atomic E-state index is 5.79. The minimum Gasteiger partial charge on any atom is -0.227 e. The van der Waals surface area contributed by atoms with Crippen LogP contribution in [0.4, 0.5) is 0 Å². The largest absolute Gasteiger partial charge is 0.227 e. The molecule has 0 aliphatic heterocycles. The lowest BCUT2D eigenvalue weighted by molar-refractivity contribution is 0.922. The number of hydrogen-bond acceptors (Lipinski definition) is 3. The number of aromatic nitrogens is 2. The van der Waals surface area contributed by atoms with Gasteiger partial charge < -0.3 is 0 Å². The molecule has 4 heteroatoms.